The van der Waals surface area contributed by atoms with Gasteiger partial charge in [0.25, 0.3) is 5.78 Å². The van der Waals surface area contributed by atoms with E-state index in [-0.39, 0.29) is 11.7 Å². The third-order valence-electron chi connectivity index (χ3n) is 5.37. The zero-order valence-corrected chi connectivity index (χ0v) is 17.5. The molecule has 1 aliphatic rings. The molecule has 146 valence electrons. The third-order valence-corrected chi connectivity index (χ3v) is 6.29. The minimum Gasteiger partial charge on any atom is -0.294 e. The monoisotopic (exact) mass is 394 g/mol. The summed E-state index contributed by atoms with van der Waals surface area (Å²) in [7, 11) is 0. The van der Waals surface area contributed by atoms with E-state index in [9.17, 15) is 4.79 Å². The first-order valence-corrected chi connectivity index (χ1v) is 11.1. The molecule has 0 amide bonds. The lowest BCUT2D eigenvalue weighted by molar-refractivity contribution is 0.0962. The number of carbonyl (C=O) groups excluding carboxylic acids is 1. The number of nitrogens with zero attached hydrogens (tertiary/aromatic N) is 4. The molecule has 0 N–H and O–H groups in total. The average Bonchev–Trinajstić information content (AvgIpc) is 3.08. The molecule has 28 heavy (non-hydrogen) atoms. The maximum Gasteiger partial charge on any atom is 0.253 e. The van der Waals surface area contributed by atoms with Crippen LogP contribution < -0.4 is 0 Å². The first-order valence-electron chi connectivity index (χ1n) is 10.1. The Bertz CT molecular complexity index is 994. The fourth-order valence-electron chi connectivity index (χ4n) is 3.62. The van der Waals surface area contributed by atoms with Crippen molar-refractivity contribution in [2.45, 2.75) is 63.4 Å². The van der Waals surface area contributed by atoms with E-state index in [1.54, 1.807) is 16.3 Å². The van der Waals surface area contributed by atoms with Crippen molar-refractivity contribution in [1.82, 2.24) is 19.6 Å². The fraction of sp³-hybridized carbons (Fsp3) is 0.455. The van der Waals surface area contributed by atoms with Crippen molar-refractivity contribution in [2.24, 2.45) is 0 Å². The lowest BCUT2D eigenvalue weighted by Gasteiger charge is -2.23. The quantitative estimate of drug-likeness (QED) is 0.432. The molecule has 0 bridgehead atoms. The minimum atomic E-state index is 0.143. The van der Waals surface area contributed by atoms with Crippen LogP contribution in [0.5, 0.6) is 0 Å². The van der Waals surface area contributed by atoms with Crippen LogP contribution in [-0.2, 0) is 6.42 Å². The summed E-state index contributed by atoms with van der Waals surface area (Å²) in [5.41, 5.74) is 4.07. The van der Waals surface area contributed by atoms with E-state index in [0.29, 0.717) is 23.7 Å². The van der Waals surface area contributed by atoms with E-state index < -0.39 is 0 Å². The highest BCUT2D eigenvalue weighted by Gasteiger charge is 2.28. The summed E-state index contributed by atoms with van der Waals surface area (Å²) in [4.78, 5) is 22.0. The van der Waals surface area contributed by atoms with Crippen LogP contribution in [0.1, 0.15) is 79.0 Å². The summed E-state index contributed by atoms with van der Waals surface area (Å²) in [6, 6.07) is 8.68. The number of ketones is 1. The van der Waals surface area contributed by atoms with E-state index in [2.05, 4.69) is 55.1 Å². The number of fused-ring (bicyclic) bond motifs is 2. The molecule has 2 aromatic heterocycles. The maximum absolute atomic E-state index is 12.8. The molecule has 0 radical (unpaired) electrons. The van der Waals surface area contributed by atoms with Gasteiger partial charge in [-0.3, -0.25) is 4.79 Å². The molecular weight excluding hydrogens is 368 g/mol. The summed E-state index contributed by atoms with van der Waals surface area (Å²) in [5, 5.41) is 5.22. The first-order chi connectivity index (χ1) is 13.5. The van der Waals surface area contributed by atoms with Crippen molar-refractivity contribution in [2.75, 3.05) is 5.75 Å². The van der Waals surface area contributed by atoms with Crippen molar-refractivity contribution in [3.05, 3.63) is 52.8 Å². The van der Waals surface area contributed by atoms with Crippen LogP contribution in [0.2, 0.25) is 0 Å². The van der Waals surface area contributed by atoms with Crippen molar-refractivity contribution in [3.63, 3.8) is 0 Å². The van der Waals surface area contributed by atoms with Crippen LogP contribution in [-0.4, -0.2) is 31.1 Å². The van der Waals surface area contributed by atoms with Crippen molar-refractivity contribution in [3.8, 4) is 0 Å². The molecule has 2 heterocycles. The molecule has 0 fully saturated rings. The number of Topliss-reactive ketones (excluding diaryl/α,β-unsaturated/α-hetero) is 1. The van der Waals surface area contributed by atoms with Crippen LogP contribution in [0.25, 0.3) is 5.78 Å². The standard InChI is InChI=1S/C22H26N4OS/c1-4-5-10-28-22-24-21-23-19-11-17(12-20(27)18(19)13-26(21)25-22)16-8-6-15(7-9-16)14(2)3/h6-9,13-14,17H,4-5,10-12H2,1-3H3. The predicted octanol–water partition coefficient (Wildman–Crippen LogP) is 5.05. The molecule has 1 aliphatic carbocycles. The second-order valence-corrected chi connectivity index (χ2v) is 8.85. The number of benzene rings is 1. The number of aromatic nitrogens is 4. The van der Waals surface area contributed by atoms with Gasteiger partial charge in [-0.05, 0) is 35.8 Å². The number of rotatable bonds is 6. The molecule has 6 heteroatoms. The van der Waals surface area contributed by atoms with Gasteiger partial charge in [-0.2, -0.15) is 4.98 Å². The molecular formula is C22H26N4OS. The van der Waals surface area contributed by atoms with E-state index in [0.717, 1.165) is 35.9 Å². The predicted molar refractivity (Wildman–Crippen MR) is 112 cm³/mol. The van der Waals surface area contributed by atoms with E-state index in [1.165, 1.54) is 11.1 Å². The SMILES string of the molecule is CCCCSc1nc2nc3c(cn2n1)C(=O)CC(c1ccc(C(C)C)cc1)C3. The molecule has 5 nitrogen and oxygen atoms in total. The van der Waals surface area contributed by atoms with Gasteiger partial charge in [0.2, 0.25) is 5.16 Å². The summed E-state index contributed by atoms with van der Waals surface area (Å²) < 4.78 is 1.66. The molecule has 0 spiro atoms. The minimum absolute atomic E-state index is 0.143. The molecule has 1 unspecified atom stereocenters. The van der Waals surface area contributed by atoms with Crippen LogP contribution in [0.3, 0.4) is 0 Å². The van der Waals surface area contributed by atoms with Gasteiger partial charge in [0, 0.05) is 18.4 Å². The largest absolute Gasteiger partial charge is 0.294 e. The van der Waals surface area contributed by atoms with Gasteiger partial charge in [0.15, 0.2) is 5.78 Å². The lowest BCUT2D eigenvalue weighted by Crippen LogP contribution is -2.21. The maximum atomic E-state index is 12.8. The van der Waals surface area contributed by atoms with Crippen LogP contribution in [0, 0.1) is 0 Å². The molecule has 0 saturated carbocycles. The van der Waals surface area contributed by atoms with Gasteiger partial charge in [0.05, 0.1) is 11.3 Å². The molecule has 0 aliphatic heterocycles. The van der Waals surface area contributed by atoms with Gasteiger partial charge in [-0.25, -0.2) is 9.50 Å². The molecule has 4 rings (SSSR count). The first kappa shape index (κ1) is 19.1. The molecule has 3 aromatic rings. The van der Waals surface area contributed by atoms with E-state index in [1.807, 2.05) is 6.20 Å². The highest BCUT2D eigenvalue weighted by molar-refractivity contribution is 7.99. The summed E-state index contributed by atoms with van der Waals surface area (Å²) >= 11 is 1.65. The highest BCUT2D eigenvalue weighted by atomic mass is 32.2. The Morgan fingerprint density at radius 3 is 2.68 bits per heavy atom. The Morgan fingerprint density at radius 2 is 1.96 bits per heavy atom. The molecule has 1 atom stereocenters. The summed E-state index contributed by atoms with van der Waals surface area (Å²) in [6.07, 6.45) is 5.40. The third kappa shape index (κ3) is 3.83. The van der Waals surface area contributed by atoms with E-state index in [4.69, 9.17) is 4.98 Å². The number of hydrogen-bond donors (Lipinski definition) is 0. The normalized spacial score (nSPS) is 16.7. The molecule has 0 saturated heterocycles. The Morgan fingerprint density at radius 1 is 1.18 bits per heavy atom. The Labute approximate surface area is 170 Å². The van der Waals surface area contributed by atoms with Crippen LogP contribution in [0.4, 0.5) is 0 Å². The second kappa shape index (κ2) is 8.03. The smallest absolute Gasteiger partial charge is 0.253 e. The molecule has 1 aromatic carbocycles. The zero-order chi connectivity index (χ0) is 19.7. The Hall–Kier alpha value is -2.21. The lowest BCUT2D eigenvalue weighted by atomic mass is 9.81. The average molecular weight is 395 g/mol. The van der Waals surface area contributed by atoms with Gasteiger partial charge in [-0.15, -0.1) is 5.10 Å². The topological polar surface area (TPSA) is 60.1 Å². The Balaban J connectivity index is 1.59. The number of carbonyl (C=O) groups is 1. The van der Waals surface area contributed by atoms with Crippen LogP contribution >= 0.6 is 11.8 Å². The summed E-state index contributed by atoms with van der Waals surface area (Å²) in [5.74, 6) is 2.42. The van der Waals surface area contributed by atoms with Gasteiger partial charge in [-0.1, -0.05) is 63.2 Å². The number of hydrogen-bond acceptors (Lipinski definition) is 5. The van der Waals surface area contributed by atoms with Gasteiger partial charge in [0.1, 0.15) is 0 Å². The van der Waals surface area contributed by atoms with Gasteiger partial charge < -0.3 is 0 Å². The highest BCUT2D eigenvalue weighted by Crippen LogP contribution is 2.32. The zero-order valence-electron chi connectivity index (χ0n) is 16.7. The second-order valence-electron chi connectivity index (χ2n) is 7.79. The number of unbranched alkanes of at least 4 members (excludes halogenated alkanes) is 1. The van der Waals surface area contributed by atoms with E-state index >= 15 is 0 Å². The van der Waals surface area contributed by atoms with Crippen molar-refractivity contribution in [1.29, 1.82) is 0 Å². The summed E-state index contributed by atoms with van der Waals surface area (Å²) in [6.45, 7) is 6.56. The fourth-order valence-corrected chi connectivity index (χ4v) is 4.53. The van der Waals surface area contributed by atoms with Gasteiger partial charge >= 0.3 is 0 Å². The van der Waals surface area contributed by atoms with Crippen molar-refractivity contribution < 1.29 is 4.79 Å². The Kier molecular flexibility index (Phi) is 5.49. The number of thioether (sulfide) groups is 1. The van der Waals surface area contributed by atoms with Crippen molar-refractivity contribution >= 4 is 23.3 Å². The van der Waals surface area contributed by atoms with Crippen LogP contribution in [0.15, 0.2) is 35.6 Å².